The quantitative estimate of drug-likeness (QED) is 0.863. The van der Waals surface area contributed by atoms with Gasteiger partial charge in [-0.05, 0) is 18.9 Å². The summed E-state index contributed by atoms with van der Waals surface area (Å²) in [5, 5.41) is 0. The van der Waals surface area contributed by atoms with Crippen LogP contribution in [0.4, 0.5) is 13.2 Å². The number of halogens is 3. The van der Waals surface area contributed by atoms with Crippen LogP contribution < -0.4 is 11.4 Å². The zero-order chi connectivity index (χ0) is 16.6. The molecule has 0 atom stereocenters. The lowest BCUT2D eigenvalue weighted by atomic mass is 9.86. The number of rotatable bonds is 2. The fourth-order valence-corrected chi connectivity index (χ4v) is 3.06. The summed E-state index contributed by atoms with van der Waals surface area (Å²) in [5.74, 6) is 5.99. The number of hydrogen-bond donors (Lipinski definition) is 1. The van der Waals surface area contributed by atoms with Crippen LogP contribution in [0.3, 0.4) is 0 Å². The molecule has 1 aliphatic carbocycles. The number of pyridine rings is 1. The maximum atomic E-state index is 12.7. The van der Waals surface area contributed by atoms with Crippen molar-refractivity contribution in [3.63, 3.8) is 0 Å². The minimum absolute atomic E-state index is 0.159. The van der Waals surface area contributed by atoms with E-state index in [4.69, 9.17) is 5.84 Å². The lowest BCUT2D eigenvalue weighted by molar-refractivity contribution is -0.140. The number of alkyl halides is 3. The standard InChI is InChI=1S/C15H17F3N4O/c16-15(17,18)13-8-21(9-20-13)11-6-12(22(19)14(23)7-11)10-4-2-1-3-5-10/h6-10H,1-5,19H2. The molecule has 0 aromatic carbocycles. The average molecular weight is 326 g/mol. The second-order valence-corrected chi connectivity index (χ2v) is 5.85. The smallest absolute Gasteiger partial charge is 0.336 e. The Morgan fingerprint density at radius 2 is 1.87 bits per heavy atom. The molecule has 5 nitrogen and oxygen atoms in total. The summed E-state index contributed by atoms with van der Waals surface area (Å²) in [6, 6.07) is 2.90. The van der Waals surface area contributed by atoms with E-state index in [0.29, 0.717) is 11.4 Å². The third kappa shape index (κ3) is 3.11. The molecule has 23 heavy (non-hydrogen) atoms. The molecule has 0 unspecified atom stereocenters. The van der Waals surface area contributed by atoms with Gasteiger partial charge < -0.3 is 10.4 Å². The van der Waals surface area contributed by atoms with Gasteiger partial charge in [-0.3, -0.25) is 4.79 Å². The minimum atomic E-state index is -4.51. The molecule has 0 spiro atoms. The summed E-state index contributed by atoms with van der Waals surface area (Å²) in [5.41, 5.74) is -0.422. The Balaban J connectivity index is 2.01. The molecule has 0 radical (unpaired) electrons. The van der Waals surface area contributed by atoms with Crippen LogP contribution in [0.2, 0.25) is 0 Å². The van der Waals surface area contributed by atoms with Crippen LogP contribution in [-0.2, 0) is 6.18 Å². The highest BCUT2D eigenvalue weighted by atomic mass is 19.4. The Morgan fingerprint density at radius 3 is 2.48 bits per heavy atom. The van der Waals surface area contributed by atoms with Gasteiger partial charge in [-0.15, -0.1) is 0 Å². The van der Waals surface area contributed by atoms with E-state index in [0.717, 1.165) is 49.3 Å². The molecule has 2 N–H and O–H groups in total. The number of nitrogens with two attached hydrogens (primary N) is 1. The monoisotopic (exact) mass is 326 g/mol. The Labute approximate surface area is 130 Å². The summed E-state index contributed by atoms with van der Waals surface area (Å²) >= 11 is 0. The van der Waals surface area contributed by atoms with Gasteiger partial charge in [0, 0.05) is 23.9 Å². The first kappa shape index (κ1) is 15.6. The second kappa shape index (κ2) is 5.75. The predicted molar refractivity (Wildman–Crippen MR) is 78.8 cm³/mol. The van der Waals surface area contributed by atoms with Gasteiger partial charge in [0.25, 0.3) is 5.56 Å². The number of aromatic nitrogens is 3. The molecule has 2 aromatic rings. The highest BCUT2D eigenvalue weighted by molar-refractivity contribution is 5.35. The topological polar surface area (TPSA) is 65.8 Å². The summed E-state index contributed by atoms with van der Waals surface area (Å²) < 4.78 is 40.3. The molecule has 3 rings (SSSR count). The first-order valence-electron chi connectivity index (χ1n) is 7.50. The second-order valence-electron chi connectivity index (χ2n) is 5.85. The van der Waals surface area contributed by atoms with Gasteiger partial charge in [-0.1, -0.05) is 19.3 Å². The van der Waals surface area contributed by atoms with Crippen molar-refractivity contribution in [3.05, 3.63) is 46.4 Å². The maximum Gasteiger partial charge on any atom is 0.434 e. The van der Waals surface area contributed by atoms with Crippen molar-refractivity contribution in [2.45, 2.75) is 44.2 Å². The summed E-state index contributed by atoms with van der Waals surface area (Å²) in [4.78, 5) is 15.4. The molecule has 0 aliphatic heterocycles. The van der Waals surface area contributed by atoms with Crippen molar-refractivity contribution in [2.75, 3.05) is 5.84 Å². The summed E-state index contributed by atoms with van der Waals surface area (Å²) in [6.07, 6.45) is 2.56. The molecule has 0 saturated heterocycles. The highest BCUT2D eigenvalue weighted by Crippen LogP contribution is 2.32. The van der Waals surface area contributed by atoms with Crippen LogP contribution in [0.5, 0.6) is 0 Å². The molecule has 1 aliphatic rings. The minimum Gasteiger partial charge on any atom is -0.336 e. The largest absolute Gasteiger partial charge is 0.434 e. The van der Waals surface area contributed by atoms with E-state index in [1.54, 1.807) is 6.07 Å². The fraction of sp³-hybridized carbons (Fsp3) is 0.467. The fourth-order valence-electron chi connectivity index (χ4n) is 3.06. The number of hydrogen-bond acceptors (Lipinski definition) is 3. The van der Waals surface area contributed by atoms with Crippen LogP contribution in [0.1, 0.15) is 49.4 Å². The lowest BCUT2D eigenvalue weighted by Gasteiger charge is -2.24. The molecule has 0 bridgehead atoms. The lowest BCUT2D eigenvalue weighted by Crippen LogP contribution is -2.32. The zero-order valence-electron chi connectivity index (χ0n) is 12.4. The van der Waals surface area contributed by atoms with Crippen molar-refractivity contribution >= 4 is 0 Å². The number of imidazole rings is 1. The van der Waals surface area contributed by atoms with Gasteiger partial charge in [0.15, 0.2) is 5.69 Å². The third-order valence-corrected chi connectivity index (χ3v) is 4.28. The normalized spacial score (nSPS) is 16.7. The Kier molecular flexibility index (Phi) is 3.91. The van der Waals surface area contributed by atoms with Crippen molar-refractivity contribution in [1.82, 2.24) is 14.2 Å². The zero-order valence-corrected chi connectivity index (χ0v) is 12.4. The van der Waals surface area contributed by atoms with E-state index in [1.165, 1.54) is 10.6 Å². The Morgan fingerprint density at radius 1 is 1.17 bits per heavy atom. The molecular formula is C15H17F3N4O. The third-order valence-electron chi connectivity index (χ3n) is 4.28. The van der Waals surface area contributed by atoms with E-state index in [-0.39, 0.29) is 5.92 Å². The molecule has 2 aromatic heterocycles. The van der Waals surface area contributed by atoms with Crippen molar-refractivity contribution < 1.29 is 13.2 Å². The van der Waals surface area contributed by atoms with Gasteiger partial charge in [0.1, 0.15) is 0 Å². The van der Waals surface area contributed by atoms with E-state index in [2.05, 4.69) is 4.98 Å². The van der Waals surface area contributed by atoms with Crippen LogP contribution in [0.15, 0.2) is 29.5 Å². The first-order chi connectivity index (χ1) is 10.9. The molecule has 1 saturated carbocycles. The van der Waals surface area contributed by atoms with E-state index >= 15 is 0 Å². The molecule has 8 heteroatoms. The van der Waals surface area contributed by atoms with E-state index in [1.807, 2.05) is 0 Å². The van der Waals surface area contributed by atoms with Crippen molar-refractivity contribution in [2.24, 2.45) is 0 Å². The van der Waals surface area contributed by atoms with Gasteiger partial charge in [0.2, 0.25) is 0 Å². The summed E-state index contributed by atoms with van der Waals surface area (Å²) in [7, 11) is 0. The van der Waals surface area contributed by atoms with Crippen molar-refractivity contribution in [3.8, 4) is 5.69 Å². The Hall–Kier alpha value is -2.25. The van der Waals surface area contributed by atoms with Gasteiger partial charge >= 0.3 is 6.18 Å². The predicted octanol–water partition coefficient (Wildman–Crippen LogP) is 2.81. The van der Waals surface area contributed by atoms with Crippen molar-refractivity contribution in [1.29, 1.82) is 0 Å². The highest BCUT2D eigenvalue weighted by Gasteiger charge is 2.33. The molecule has 0 amide bonds. The van der Waals surface area contributed by atoms with Crippen LogP contribution in [0, 0.1) is 0 Å². The van der Waals surface area contributed by atoms with E-state index in [9.17, 15) is 18.0 Å². The molecular weight excluding hydrogens is 309 g/mol. The van der Waals surface area contributed by atoms with Gasteiger partial charge in [-0.25, -0.2) is 9.66 Å². The average Bonchev–Trinajstić information content (AvgIpc) is 3.01. The molecule has 124 valence electrons. The number of nitrogens with zero attached hydrogens (tertiary/aromatic N) is 3. The van der Waals surface area contributed by atoms with Crippen LogP contribution in [0.25, 0.3) is 5.69 Å². The van der Waals surface area contributed by atoms with Crippen LogP contribution in [-0.4, -0.2) is 14.2 Å². The first-order valence-corrected chi connectivity index (χ1v) is 7.50. The SMILES string of the molecule is Nn1c(C2CCCCC2)cc(-n2cnc(C(F)(F)F)c2)cc1=O. The van der Waals surface area contributed by atoms with Gasteiger partial charge in [0.05, 0.1) is 12.0 Å². The maximum absolute atomic E-state index is 12.7. The number of nitrogen functional groups attached to an aromatic ring is 1. The molecule has 2 heterocycles. The van der Waals surface area contributed by atoms with E-state index < -0.39 is 17.4 Å². The van der Waals surface area contributed by atoms with Gasteiger partial charge in [-0.2, -0.15) is 13.2 Å². The molecule has 1 fully saturated rings. The summed E-state index contributed by atoms with van der Waals surface area (Å²) in [6.45, 7) is 0. The Bertz CT molecular complexity index is 757. The van der Waals surface area contributed by atoms with Crippen LogP contribution >= 0.6 is 0 Å².